The first-order chi connectivity index (χ1) is 6.73. The van der Waals surface area contributed by atoms with Gasteiger partial charge in [0, 0.05) is 22.3 Å². The fourth-order valence-electron chi connectivity index (χ4n) is 0.814. The standard InChI is InChI=1S/C6H2Cl2F3NO2S/c7-4-2(5(10)11)1-3(9)12-6(4)15(8,13)14/h1,5H. The molecular formula is C6H2Cl2F3NO2S. The zero-order chi connectivity index (χ0) is 11.8. The van der Waals surface area contributed by atoms with Crippen LogP contribution >= 0.6 is 22.3 Å². The van der Waals surface area contributed by atoms with Gasteiger partial charge in [0.05, 0.1) is 5.02 Å². The van der Waals surface area contributed by atoms with Crippen molar-refractivity contribution in [1.82, 2.24) is 4.98 Å². The second-order valence-electron chi connectivity index (χ2n) is 2.39. The van der Waals surface area contributed by atoms with Gasteiger partial charge in [0.2, 0.25) is 5.95 Å². The van der Waals surface area contributed by atoms with E-state index in [1.165, 1.54) is 0 Å². The van der Waals surface area contributed by atoms with Gasteiger partial charge in [-0.3, -0.25) is 0 Å². The van der Waals surface area contributed by atoms with Crippen LogP contribution in [0.5, 0.6) is 0 Å². The third-order valence-corrected chi connectivity index (χ3v) is 3.10. The van der Waals surface area contributed by atoms with Crippen molar-refractivity contribution < 1.29 is 21.6 Å². The Morgan fingerprint density at radius 2 is 1.93 bits per heavy atom. The van der Waals surface area contributed by atoms with Crippen molar-refractivity contribution in [1.29, 1.82) is 0 Å². The summed E-state index contributed by atoms with van der Waals surface area (Å²) in [6.45, 7) is 0. The predicted octanol–water partition coefficient (Wildman–Crippen LogP) is 2.74. The average molecular weight is 280 g/mol. The van der Waals surface area contributed by atoms with E-state index in [0.29, 0.717) is 6.07 Å². The molecule has 0 aromatic carbocycles. The number of hydrogen-bond donors (Lipinski definition) is 0. The van der Waals surface area contributed by atoms with Gasteiger partial charge in [0.1, 0.15) is 0 Å². The minimum absolute atomic E-state index is 0.346. The summed E-state index contributed by atoms with van der Waals surface area (Å²) < 4.78 is 58.8. The van der Waals surface area contributed by atoms with Crippen molar-refractivity contribution in [3.8, 4) is 0 Å². The molecule has 0 saturated carbocycles. The lowest BCUT2D eigenvalue weighted by Crippen LogP contribution is -2.02. The lowest BCUT2D eigenvalue weighted by Gasteiger charge is -2.05. The van der Waals surface area contributed by atoms with Gasteiger partial charge in [0.15, 0.2) is 5.03 Å². The summed E-state index contributed by atoms with van der Waals surface area (Å²) in [6, 6.07) is 0.346. The van der Waals surface area contributed by atoms with E-state index in [1.54, 1.807) is 0 Å². The second kappa shape index (κ2) is 4.15. The van der Waals surface area contributed by atoms with E-state index in [1.807, 2.05) is 0 Å². The highest BCUT2D eigenvalue weighted by atomic mass is 35.7. The number of aromatic nitrogens is 1. The maximum absolute atomic E-state index is 12.7. The summed E-state index contributed by atoms with van der Waals surface area (Å²) in [4.78, 5) is 2.84. The molecule has 0 aliphatic heterocycles. The maximum atomic E-state index is 12.7. The lowest BCUT2D eigenvalue weighted by molar-refractivity contribution is 0.150. The van der Waals surface area contributed by atoms with Crippen LogP contribution < -0.4 is 0 Å². The molecule has 0 N–H and O–H groups in total. The molecule has 0 spiro atoms. The van der Waals surface area contributed by atoms with Crippen LogP contribution in [0.3, 0.4) is 0 Å². The maximum Gasteiger partial charge on any atom is 0.280 e. The number of hydrogen-bond acceptors (Lipinski definition) is 3. The molecule has 84 valence electrons. The molecule has 3 nitrogen and oxygen atoms in total. The van der Waals surface area contributed by atoms with Gasteiger partial charge in [-0.2, -0.15) is 4.39 Å². The van der Waals surface area contributed by atoms with Crippen LogP contribution in [0.1, 0.15) is 12.0 Å². The Morgan fingerprint density at radius 3 is 2.33 bits per heavy atom. The highest BCUT2D eigenvalue weighted by Crippen LogP contribution is 2.32. The molecule has 0 unspecified atom stereocenters. The first-order valence-corrected chi connectivity index (χ1v) is 6.01. The summed E-state index contributed by atoms with van der Waals surface area (Å²) in [7, 11) is 0.370. The number of alkyl halides is 2. The monoisotopic (exact) mass is 279 g/mol. The van der Waals surface area contributed by atoms with Crippen LogP contribution in [-0.4, -0.2) is 13.4 Å². The molecule has 0 amide bonds. The summed E-state index contributed by atoms with van der Waals surface area (Å²) in [6.07, 6.45) is -3.12. The van der Waals surface area contributed by atoms with Crippen molar-refractivity contribution in [2.45, 2.75) is 11.5 Å². The molecule has 1 heterocycles. The quantitative estimate of drug-likeness (QED) is 0.618. The van der Waals surface area contributed by atoms with Crippen molar-refractivity contribution in [2.75, 3.05) is 0 Å². The van der Waals surface area contributed by atoms with E-state index in [0.717, 1.165) is 0 Å². The minimum atomic E-state index is -4.46. The van der Waals surface area contributed by atoms with Gasteiger partial charge < -0.3 is 0 Å². The highest BCUT2D eigenvalue weighted by molar-refractivity contribution is 8.13. The lowest BCUT2D eigenvalue weighted by atomic mass is 10.3. The summed E-state index contributed by atoms with van der Waals surface area (Å²) in [5.41, 5.74) is -0.969. The smallest absolute Gasteiger partial charge is 0.205 e. The van der Waals surface area contributed by atoms with Crippen LogP contribution in [-0.2, 0) is 9.05 Å². The fraction of sp³-hybridized carbons (Fsp3) is 0.167. The molecule has 0 radical (unpaired) electrons. The third kappa shape index (κ3) is 2.73. The Kier molecular flexibility index (Phi) is 3.47. The largest absolute Gasteiger partial charge is 0.280 e. The first-order valence-electron chi connectivity index (χ1n) is 3.32. The zero-order valence-electron chi connectivity index (χ0n) is 6.72. The average Bonchev–Trinajstić information content (AvgIpc) is 2.06. The van der Waals surface area contributed by atoms with Gasteiger partial charge >= 0.3 is 0 Å². The molecule has 1 rings (SSSR count). The van der Waals surface area contributed by atoms with Gasteiger partial charge in [-0.15, -0.1) is 0 Å². The van der Waals surface area contributed by atoms with Gasteiger partial charge in [-0.25, -0.2) is 22.2 Å². The van der Waals surface area contributed by atoms with Crippen LogP contribution in [0.25, 0.3) is 0 Å². The Morgan fingerprint density at radius 1 is 1.40 bits per heavy atom. The molecule has 0 saturated heterocycles. The Hall–Kier alpha value is -0.530. The van der Waals surface area contributed by atoms with E-state index in [4.69, 9.17) is 22.3 Å². The minimum Gasteiger partial charge on any atom is -0.205 e. The van der Waals surface area contributed by atoms with E-state index < -0.39 is 37.0 Å². The van der Waals surface area contributed by atoms with Crippen LogP contribution in [0, 0.1) is 5.95 Å². The van der Waals surface area contributed by atoms with Crippen LogP contribution in [0.15, 0.2) is 11.1 Å². The number of halogens is 5. The molecule has 1 aromatic heterocycles. The number of nitrogens with zero attached hydrogens (tertiary/aromatic N) is 1. The van der Waals surface area contributed by atoms with E-state index in [2.05, 4.69) is 4.98 Å². The summed E-state index contributed by atoms with van der Waals surface area (Å²) >= 11 is 5.29. The third-order valence-electron chi connectivity index (χ3n) is 1.39. The molecule has 9 heteroatoms. The normalized spacial score (nSPS) is 12.1. The second-order valence-corrected chi connectivity index (χ2v) is 5.25. The summed E-state index contributed by atoms with van der Waals surface area (Å²) in [5.74, 6) is -1.39. The number of pyridine rings is 1. The van der Waals surface area contributed by atoms with E-state index in [-0.39, 0.29) is 0 Å². The topological polar surface area (TPSA) is 47.0 Å². The molecule has 0 atom stereocenters. The van der Waals surface area contributed by atoms with Crippen molar-refractivity contribution in [3.63, 3.8) is 0 Å². The fourth-order valence-corrected chi connectivity index (χ4v) is 2.28. The SMILES string of the molecule is O=S(=O)(Cl)c1nc(F)cc(C(F)F)c1Cl. The number of rotatable bonds is 2. The zero-order valence-corrected chi connectivity index (χ0v) is 9.04. The Labute approximate surface area is 92.2 Å². The molecule has 0 bridgehead atoms. The van der Waals surface area contributed by atoms with E-state index >= 15 is 0 Å². The van der Waals surface area contributed by atoms with Gasteiger partial charge in [0.25, 0.3) is 15.5 Å². The Bertz CT molecular complexity index is 491. The van der Waals surface area contributed by atoms with Crippen LogP contribution in [0.4, 0.5) is 13.2 Å². The molecule has 0 fully saturated rings. The molecule has 0 aliphatic rings. The molecule has 1 aromatic rings. The van der Waals surface area contributed by atoms with Crippen molar-refractivity contribution in [2.24, 2.45) is 0 Å². The highest BCUT2D eigenvalue weighted by Gasteiger charge is 2.24. The van der Waals surface area contributed by atoms with Crippen LogP contribution in [0.2, 0.25) is 5.02 Å². The van der Waals surface area contributed by atoms with Crippen molar-refractivity contribution >= 4 is 31.3 Å². The van der Waals surface area contributed by atoms with E-state index in [9.17, 15) is 21.6 Å². The molecule has 0 aliphatic carbocycles. The predicted molar refractivity (Wildman–Crippen MR) is 47.2 cm³/mol. The first kappa shape index (κ1) is 12.5. The van der Waals surface area contributed by atoms with Gasteiger partial charge in [-0.05, 0) is 0 Å². The van der Waals surface area contributed by atoms with Gasteiger partial charge in [-0.1, -0.05) is 11.6 Å². The summed E-state index contributed by atoms with van der Waals surface area (Å²) in [5, 5.41) is -1.98. The van der Waals surface area contributed by atoms with Crippen molar-refractivity contribution in [3.05, 3.63) is 22.6 Å². The molecule has 15 heavy (non-hydrogen) atoms. The Balaban J connectivity index is 3.56. The molecular weight excluding hydrogens is 278 g/mol.